The molecule has 1 saturated heterocycles. The maximum Gasteiger partial charge on any atom is 0.233 e. The summed E-state index contributed by atoms with van der Waals surface area (Å²) in [5, 5.41) is 27.2. The molecule has 0 N–H and O–H groups in total. The zero-order chi connectivity index (χ0) is 19.9. The van der Waals surface area contributed by atoms with Gasteiger partial charge in [-0.3, -0.25) is 9.36 Å². The van der Waals surface area contributed by atoms with Gasteiger partial charge >= 0.3 is 0 Å². The predicted octanol–water partition coefficient (Wildman–Crippen LogP) is 2.60. The predicted molar refractivity (Wildman–Crippen MR) is 107 cm³/mol. The Labute approximate surface area is 170 Å². The fourth-order valence-corrected chi connectivity index (χ4v) is 4.30. The van der Waals surface area contributed by atoms with E-state index in [1.54, 1.807) is 4.90 Å². The minimum Gasteiger partial charge on any atom is -0.341 e. The van der Waals surface area contributed by atoms with E-state index in [-0.39, 0.29) is 24.5 Å². The fourth-order valence-electron chi connectivity index (χ4n) is 3.39. The monoisotopic (exact) mass is 401 g/mol. The molecule has 1 aromatic rings. The first-order valence-electron chi connectivity index (χ1n) is 9.98. The Kier molecular flexibility index (Phi) is 7.16. The second-order valence-corrected chi connectivity index (χ2v) is 8.48. The highest BCUT2D eigenvalue weighted by Gasteiger charge is 2.32. The number of piperidine rings is 1. The summed E-state index contributed by atoms with van der Waals surface area (Å²) in [6.45, 7) is 5.03. The molecule has 150 valence electrons. The van der Waals surface area contributed by atoms with Crippen molar-refractivity contribution in [3.8, 4) is 12.1 Å². The Morgan fingerprint density at radius 2 is 1.79 bits per heavy atom. The number of hydrogen-bond acceptors (Lipinski definition) is 7. The minimum absolute atomic E-state index is 0.0609. The van der Waals surface area contributed by atoms with Gasteiger partial charge in [-0.1, -0.05) is 18.7 Å². The standard InChI is InChI=1S/C19H27N7OS/c1-15-6-12-25(13-7-15)18-22-23-19(26(18)16-4-5-16)28-14-17(27)24(10-2-8-20)11-3-9-21/h15-16H,2-7,10-14H2,1H3. The molecule has 0 unspecified atom stereocenters. The molecule has 1 aliphatic heterocycles. The number of amides is 1. The lowest BCUT2D eigenvalue weighted by atomic mass is 10.00. The van der Waals surface area contributed by atoms with Gasteiger partial charge in [0.15, 0.2) is 5.16 Å². The van der Waals surface area contributed by atoms with Gasteiger partial charge in [-0.15, -0.1) is 10.2 Å². The number of nitrogens with zero attached hydrogens (tertiary/aromatic N) is 7. The largest absolute Gasteiger partial charge is 0.341 e. The van der Waals surface area contributed by atoms with E-state index in [2.05, 4.69) is 38.7 Å². The van der Waals surface area contributed by atoms with Crippen LogP contribution in [0, 0.1) is 28.6 Å². The molecule has 1 amide bonds. The Morgan fingerprint density at radius 3 is 2.36 bits per heavy atom. The fraction of sp³-hybridized carbons (Fsp3) is 0.737. The maximum atomic E-state index is 12.6. The van der Waals surface area contributed by atoms with Gasteiger partial charge in [-0.2, -0.15) is 10.5 Å². The van der Waals surface area contributed by atoms with E-state index >= 15 is 0 Å². The first-order chi connectivity index (χ1) is 13.6. The molecule has 1 aliphatic carbocycles. The normalized spacial score (nSPS) is 17.2. The molecule has 0 radical (unpaired) electrons. The SMILES string of the molecule is CC1CCN(c2nnc(SCC(=O)N(CCC#N)CCC#N)n2C2CC2)CC1. The first-order valence-corrected chi connectivity index (χ1v) is 11.0. The highest BCUT2D eigenvalue weighted by Crippen LogP contribution is 2.41. The highest BCUT2D eigenvalue weighted by atomic mass is 32.2. The number of aromatic nitrogens is 3. The summed E-state index contributed by atoms with van der Waals surface area (Å²) in [6, 6.07) is 4.57. The van der Waals surface area contributed by atoms with Gasteiger partial charge in [-0.05, 0) is 31.6 Å². The van der Waals surface area contributed by atoms with Crippen LogP contribution in [0.1, 0.15) is 51.5 Å². The van der Waals surface area contributed by atoms with Crippen molar-refractivity contribution in [3.63, 3.8) is 0 Å². The van der Waals surface area contributed by atoms with Gasteiger partial charge in [0.2, 0.25) is 11.9 Å². The number of hydrogen-bond donors (Lipinski definition) is 0. The van der Waals surface area contributed by atoms with E-state index in [9.17, 15) is 4.79 Å². The molecule has 0 spiro atoms. The van der Waals surface area contributed by atoms with Crippen LogP contribution in [-0.2, 0) is 4.79 Å². The summed E-state index contributed by atoms with van der Waals surface area (Å²) >= 11 is 1.41. The minimum atomic E-state index is -0.0609. The van der Waals surface area contributed by atoms with E-state index in [4.69, 9.17) is 10.5 Å². The maximum absolute atomic E-state index is 12.6. The zero-order valence-corrected chi connectivity index (χ0v) is 17.2. The topological polar surface area (TPSA) is 102 Å². The summed E-state index contributed by atoms with van der Waals surface area (Å²) in [7, 11) is 0. The highest BCUT2D eigenvalue weighted by molar-refractivity contribution is 7.99. The van der Waals surface area contributed by atoms with Gasteiger partial charge in [0.25, 0.3) is 0 Å². The summed E-state index contributed by atoms with van der Waals surface area (Å²) in [5.74, 6) is 1.89. The van der Waals surface area contributed by atoms with Crippen LogP contribution in [0.25, 0.3) is 0 Å². The van der Waals surface area contributed by atoms with Gasteiger partial charge in [0, 0.05) is 32.2 Å². The number of nitriles is 2. The Balaban J connectivity index is 1.64. The second kappa shape index (κ2) is 9.79. The van der Waals surface area contributed by atoms with Crippen molar-refractivity contribution in [2.24, 2.45) is 5.92 Å². The lowest BCUT2D eigenvalue weighted by Crippen LogP contribution is -2.35. The molecule has 8 nitrogen and oxygen atoms in total. The van der Waals surface area contributed by atoms with Crippen LogP contribution in [0.5, 0.6) is 0 Å². The Hall–Kier alpha value is -2.26. The molecule has 28 heavy (non-hydrogen) atoms. The molecule has 3 rings (SSSR count). The Bertz CT molecular complexity index is 735. The summed E-state index contributed by atoms with van der Waals surface area (Å²) in [6.07, 6.45) is 5.16. The lowest BCUT2D eigenvalue weighted by molar-refractivity contribution is -0.128. The smallest absolute Gasteiger partial charge is 0.233 e. The molecule has 1 aromatic heterocycles. The number of rotatable bonds is 9. The van der Waals surface area contributed by atoms with Crippen molar-refractivity contribution in [2.45, 2.75) is 56.6 Å². The lowest BCUT2D eigenvalue weighted by Gasteiger charge is -2.31. The van der Waals surface area contributed by atoms with Crippen LogP contribution in [0.3, 0.4) is 0 Å². The molecule has 1 saturated carbocycles. The molecule has 2 heterocycles. The van der Waals surface area contributed by atoms with Crippen molar-refractivity contribution in [3.05, 3.63) is 0 Å². The second-order valence-electron chi connectivity index (χ2n) is 7.54. The molecular formula is C19H27N7OS. The van der Waals surface area contributed by atoms with E-state index in [0.29, 0.717) is 19.1 Å². The zero-order valence-electron chi connectivity index (χ0n) is 16.4. The van der Waals surface area contributed by atoms with Crippen LogP contribution >= 0.6 is 11.8 Å². The summed E-state index contributed by atoms with van der Waals surface area (Å²) in [5.41, 5.74) is 0. The number of carbonyl (C=O) groups is 1. The van der Waals surface area contributed by atoms with Crippen molar-refractivity contribution in [1.82, 2.24) is 19.7 Å². The van der Waals surface area contributed by atoms with Gasteiger partial charge < -0.3 is 9.80 Å². The molecule has 2 aliphatic rings. The molecule has 0 bridgehead atoms. The number of anilines is 1. The van der Waals surface area contributed by atoms with Crippen LogP contribution in [0.15, 0.2) is 5.16 Å². The molecule has 9 heteroatoms. The van der Waals surface area contributed by atoms with Gasteiger partial charge in [-0.25, -0.2) is 0 Å². The van der Waals surface area contributed by atoms with E-state index in [1.807, 2.05) is 0 Å². The van der Waals surface area contributed by atoms with Gasteiger partial charge in [0.05, 0.1) is 30.7 Å². The van der Waals surface area contributed by atoms with Gasteiger partial charge in [0.1, 0.15) is 0 Å². The van der Waals surface area contributed by atoms with Crippen LogP contribution in [0.4, 0.5) is 5.95 Å². The van der Waals surface area contributed by atoms with Crippen molar-refractivity contribution in [1.29, 1.82) is 10.5 Å². The van der Waals surface area contributed by atoms with Crippen molar-refractivity contribution >= 4 is 23.6 Å². The first kappa shape index (κ1) is 20.5. The molecule has 0 atom stereocenters. The number of carbonyl (C=O) groups excluding carboxylic acids is 1. The van der Waals surface area contributed by atoms with Crippen molar-refractivity contribution < 1.29 is 4.79 Å². The Morgan fingerprint density at radius 1 is 1.14 bits per heavy atom. The van der Waals surface area contributed by atoms with E-state index < -0.39 is 0 Å². The summed E-state index contributed by atoms with van der Waals surface area (Å²) < 4.78 is 2.21. The van der Waals surface area contributed by atoms with Crippen LogP contribution in [0.2, 0.25) is 0 Å². The summed E-state index contributed by atoms with van der Waals surface area (Å²) in [4.78, 5) is 16.5. The molecule has 2 fully saturated rings. The third-order valence-electron chi connectivity index (χ3n) is 5.29. The van der Waals surface area contributed by atoms with Crippen molar-refractivity contribution in [2.75, 3.05) is 36.8 Å². The average Bonchev–Trinajstić information content (AvgIpc) is 3.46. The van der Waals surface area contributed by atoms with Crippen LogP contribution in [-0.4, -0.2) is 57.5 Å². The third kappa shape index (κ3) is 5.17. The van der Waals surface area contributed by atoms with E-state index in [1.165, 1.54) is 24.6 Å². The molecular weight excluding hydrogens is 374 g/mol. The quantitative estimate of drug-likeness (QED) is 0.586. The molecule has 0 aromatic carbocycles. The van der Waals surface area contributed by atoms with E-state index in [0.717, 1.165) is 43.0 Å². The number of thioether (sulfide) groups is 1. The van der Waals surface area contributed by atoms with Crippen LogP contribution < -0.4 is 4.90 Å². The third-order valence-corrected chi connectivity index (χ3v) is 6.22. The average molecular weight is 402 g/mol.